The zero-order valence-corrected chi connectivity index (χ0v) is 10.5. The van der Waals surface area contributed by atoms with Gasteiger partial charge in [-0.3, -0.25) is 4.98 Å². The van der Waals surface area contributed by atoms with Gasteiger partial charge in [0, 0.05) is 25.5 Å². The molecule has 96 valence electrons. The molecule has 2 heterocycles. The van der Waals surface area contributed by atoms with Crippen molar-refractivity contribution < 1.29 is 9.52 Å². The van der Waals surface area contributed by atoms with Gasteiger partial charge in [-0.1, -0.05) is 0 Å². The van der Waals surface area contributed by atoms with Crippen LogP contribution in [0, 0.1) is 0 Å². The van der Waals surface area contributed by atoms with Crippen LogP contribution in [0.4, 0.5) is 0 Å². The lowest BCUT2D eigenvalue weighted by molar-refractivity contribution is 0.106. The average Bonchev–Trinajstić information content (AvgIpc) is 2.91. The van der Waals surface area contributed by atoms with Gasteiger partial charge in [-0.05, 0) is 43.3 Å². The minimum Gasteiger partial charge on any atom is -0.467 e. The number of rotatable bonds is 6. The van der Waals surface area contributed by atoms with E-state index in [4.69, 9.17) is 4.42 Å². The normalized spacial score (nSPS) is 12.8. The largest absolute Gasteiger partial charge is 0.467 e. The van der Waals surface area contributed by atoms with E-state index in [1.54, 1.807) is 30.8 Å². The molecular formula is C14H18N2O2. The first-order chi connectivity index (χ1) is 8.75. The van der Waals surface area contributed by atoms with E-state index in [2.05, 4.69) is 9.88 Å². The first-order valence-electron chi connectivity index (χ1n) is 6.04. The summed E-state index contributed by atoms with van der Waals surface area (Å²) in [5.74, 6) is 0.616. The van der Waals surface area contributed by atoms with Crippen molar-refractivity contribution in [3.63, 3.8) is 0 Å². The van der Waals surface area contributed by atoms with E-state index >= 15 is 0 Å². The van der Waals surface area contributed by atoms with Crippen molar-refractivity contribution in [1.29, 1.82) is 0 Å². The van der Waals surface area contributed by atoms with Crippen LogP contribution < -0.4 is 0 Å². The van der Waals surface area contributed by atoms with Crippen LogP contribution in [0.15, 0.2) is 47.3 Å². The van der Waals surface area contributed by atoms with Gasteiger partial charge in [0.05, 0.1) is 6.26 Å². The predicted octanol–water partition coefficient (Wildman–Crippen LogP) is 1.88. The molecule has 1 N–H and O–H groups in total. The molecule has 2 aromatic heterocycles. The van der Waals surface area contributed by atoms with Gasteiger partial charge in [0.1, 0.15) is 11.9 Å². The van der Waals surface area contributed by atoms with Gasteiger partial charge in [-0.15, -0.1) is 0 Å². The number of hydrogen-bond acceptors (Lipinski definition) is 4. The lowest BCUT2D eigenvalue weighted by Crippen LogP contribution is -2.26. The Bertz CT molecular complexity index is 442. The molecule has 0 saturated carbocycles. The van der Waals surface area contributed by atoms with Gasteiger partial charge in [0.15, 0.2) is 0 Å². The minimum absolute atomic E-state index is 0.567. The maximum atomic E-state index is 9.93. The summed E-state index contributed by atoms with van der Waals surface area (Å²) < 4.78 is 5.17. The highest BCUT2D eigenvalue weighted by molar-refractivity contribution is 5.10. The minimum atomic E-state index is -0.567. The summed E-state index contributed by atoms with van der Waals surface area (Å²) in [7, 11) is 1.99. The van der Waals surface area contributed by atoms with Crippen LogP contribution in [-0.2, 0) is 6.42 Å². The number of aromatic nitrogens is 1. The third-order valence-electron chi connectivity index (χ3n) is 2.89. The Morgan fingerprint density at radius 3 is 2.78 bits per heavy atom. The van der Waals surface area contributed by atoms with Gasteiger partial charge >= 0.3 is 0 Å². The molecule has 0 aliphatic rings. The number of nitrogens with zero attached hydrogens (tertiary/aromatic N) is 2. The van der Waals surface area contributed by atoms with Gasteiger partial charge < -0.3 is 14.4 Å². The fourth-order valence-corrected chi connectivity index (χ4v) is 1.83. The smallest absolute Gasteiger partial charge is 0.133 e. The Hall–Kier alpha value is -1.65. The maximum absolute atomic E-state index is 9.93. The van der Waals surface area contributed by atoms with E-state index < -0.39 is 6.10 Å². The molecule has 4 nitrogen and oxygen atoms in total. The maximum Gasteiger partial charge on any atom is 0.133 e. The van der Waals surface area contributed by atoms with Crippen LogP contribution in [0.2, 0.25) is 0 Å². The number of pyridine rings is 1. The molecule has 0 radical (unpaired) electrons. The molecule has 4 heteroatoms. The predicted molar refractivity (Wildman–Crippen MR) is 69.1 cm³/mol. The fraction of sp³-hybridized carbons (Fsp3) is 0.357. The average molecular weight is 246 g/mol. The van der Waals surface area contributed by atoms with Gasteiger partial charge in [0.2, 0.25) is 0 Å². The number of furan rings is 1. The molecule has 0 spiro atoms. The van der Waals surface area contributed by atoms with Gasteiger partial charge in [0.25, 0.3) is 0 Å². The van der Waals surface area contributed by atoms with E-state index in [0.29, 0.717) is 12.3 Å². The molecule has 0 amide bonds. The zero-order chi connectivity index (χ0) is 12.8. The molecule has 2 rings (SSSR count). The Labute approximate surface area is 107 Å². The molecule has 0 saturated heterocycles. The summed E-state index contributed by atoms with van der Waals surface area (Å²) >= 11 is 0. The molecule has 1 unspecified atom stereocenters. The lowest BCUT2D eigenvalue weighted by atomic mass is 10.2. The van der Waals surface area contributed by atoms with Crippen molar-refractivity contribution in [3.8, 4) is 0 Å². The van der Waals surface area contributed by atoms with Crippen molar-refractivity contribution >= 4 is 0 Å². The molecule has 2 aromatic rings. The third kappa shape index (κ3) is 3.68. The van der Waals surface area contributed by atoms with Crippen LogP contribution in [0.25, 0.3) is 0 Å². The lowest BCUT2D eigenvalue weighted by Gasteiger charge is -2.19. The second-order valence-corrected chi connectivity index (χ2v) is 4.40. The fourth-order valence-electron chi connectivity index (χ4n) is 1.83. The van der Waals surface area contributed by atoms with Crippen molar-refractivity contribution in [2.45, 2.75) is 12.5 Å². The monoisotopic (exact) mass is 246 g/mol. The third-order valence-corrected chi connectivity index (χ3v) is 2.89. The molecule has 0 aliphatic heterocycles. The Morgan fingerprint density at radius 2 is 2.11 bits per heavy atom. The zero-order valence-electron chi connectivity index (χ0n) is 10.5. The second kappa shape index (κ2) is 6.33. The summed E-state index contributed by atoms with van der Waals surface area (Å²) in [6.45, 7) is 1.46. The molecule has 18 heavy (non-hydrogen) atoms. The first-order valence-corrected chi connectivity index (χ1v) is 6.04. The number of likely N-dealkylation sites (N-methyl/N-ethyl adjacent to an activating group) is 1. The van der Waals surface area contributed by atoms with Crippen LogP contribution in [0.1, 0.15) is 17.4 Å². The SMILES string of the molecule is CN(CCc1ccncc1)CC(O)c1ccco1. The number of aliphatic hydroxyl groups is 1. The highest BCUT2D eigenvalue weighted by Crippen LogP contribution is 2.14. The van der Waals surface area contributed by atoms with Crippen molar-refractivity contribution in [2.75, 3.05) is 20.1 Å². The highest BCUT2D eigenvalue weighted by Gasteiger charge is 2.12. The first kappa shape index (κ1) is 12.8. The van der Waals surface area contributed by atoms with Crippen molar-refractivity contribution in [1.82, 2.24) is 9.88 Å². The van der Waals surface area contributed by atoms with Gasteiger partial charge in [-0.2, -0.15) is 0 Å². The van der Waals surface area contributed by atoms with Crippen LogP contribution in [0.3, 0.4) is 0 Å². The quantitative estimate of drug-likeness (QED) is 0.845. The molecule has 1 atom stereocenters. The van der Waals surface area contributed by atoms with Crippen LogP contribution >= 0.6 is 0 Å². The molecule has 0 aromatic carbocycles. The van der Waals surface area contributed by atoms with Gasteiger partial charge in [-0.25, -0.2) is 0 Å². The molecule has 0 bridgehead atoms. The van der Waals surface area contributed by atoms with E-state index in [0.717, 1.165) is 13.0 Å². The molecular weight excluding hydrogens is 228 g/mol. The molecule has 0 aliphatic carbocycles. The Balaban J connectivity index is 1.77. The van der Waals surface area contributed by atoms with E-state index in [9.17, 15) is 5.11 Å². The second-order valence-electron chi connectivity index (χ2n) is 4.40. The summed E-state index contributed by atoms with van der Waals surface area (Å²) in [5.41, 5.74) is 1.25. The standard InChI is InChI=1S/C14H18N2O2/c1-16(9-6-12-4-7-15-8-5-12)11-13(17)14-3-2-10-18-14/h2-5,7-8,10,13,17H,6,9,11H2,1H3. The van der Waals surface area contributed by atoms with Crippen LogP contribution in [0.5, 0.6) is 0 Å². The van der Waals surface area contributed by atoms with Crippen molar-refractivity contribution in [2.24, 2.45) is 0 Å². The van der Waals surface area contributed by atoms with Crippen LogP contribution in [-0.4, -0.2) is 35.1 Å². The summed E-state index contributed by atoms with van der Waals surface area (Å²) in [5, 5.41) is 9.93. The summed E-state index contributed by atoms with van der Waals surface area (Å²) in [4.78, 5) is 6.08. The topological polar surface area (TPSA) is 49.5 Å². The summed E-state index contributed by atoms with van der Waals surface area (Å²) in [6.07, 6.45) is 5.56. The van der Waals surface area contributed by atoms with E-state index in [1.165, 1.54) is 5.56 Å². The van der Waals surface area contributed by atoms with Crippen molar-refractivity contribution in [3.05, 3.63) is 54.2 Å². The number of aliphatic hydroxyl groups excluding tert-OH is 1. The Kier molecular flexibility index (Phi) is 4.50. The van der Waals surface area contributed by atoms with E-state index in [-0.39, 0.29) is 0 Å². The molecule has 0 fully saturated rings. The number of hydrogen-bond donors (Lipinski definition) is 1. The Morgan fingerprint density at radius 1 is 1.33 bits per heavy atom. The highest BCUT2D eigenvalue weighted by atomic mass is 16.4. The van der Waals surface area contributed by atoms with E-state index in [1.807, 2.05) is 19.2 Å². The summed E-state index contributed by atoms with van der Waals surface area (Å²) in [6, 6.07) is 7.60.